The molecule has 1 heterocycles. The van der Waals surface area contributed by atoms with Crippen molar-refractivity contribution >= 4 is 33.0 Å². The summed E-state index contributed by atoms with van der Waals surface area (Å²) in [4.78, 5) is 10.3. The fourth-order valence-electron chi connectivity index (χ4n) is 1.58. The van der Waals surface area contributed by atoms with Crippen molar-refractivity contribution in [1.29, 1.82) is 0 Å². The van der Waals surface area contributed by atoms with E-state index in [2.05, 4.69) is 0 Å². The van der Waals surface area contributed by atoms with Crippen molar-refractivity contribution in [3.05, 3.63) is 44.4 Å². The monoisotopic (exact) mass is 346 g/mol. The maximum absolute atomic E-state index is 13.6. The van der Waals surface area contributed by atoms with Crippen LogP contribution in [0.5, 0.6) is 0 Å². The van der Waals surface area contributed by atoms with Crippen LogP contribution in [0, 0.1) is 0 Å². The van der Waals surface area contributed by atoms with Crippen molar-refractivity contribution in [2.45, 2.75) is 18.3 Å². The number of alkyl halides is 6. The molecule has 0 N–H and O–H groups in total. The van der Waals surface area contributed by atoms with E-state index < -0.39 is 28.6 Å². The Balaban J connectivity index is 2.68. The van der Waals surface area contributed by atoms with Gasteiger partial charge in [-0.1, -0.05) is 11.6 Å². The van der Waals surface area contributed by atoms with Crippen molar-refractivity contribution in [3.8, 4) is 0 Å². The van der Waals surface area contributed by atoms with E-state index in [1.807, 2.05) is 0 Å². The van der Waals surface area contributed by atoms with E-state index in [0.717, 1.165) is 0 Å². The molecule has 114 valence electrons. The molecule has 9 heteroatoms. The second-order valence-corrected chi connectivity index (χ2v) is 5.63. The third kappa shape index (κ3) is 2.62. The number of hydrogen-bond acceptors (Lipinski definition) is 2. The first-order valence-corrected chi connectivity index (χ1v) is 6.54. The zero-order valence-corrected chi connectivity index (χ0v) is 11.4. The van der Waals surface area contributed by atoms with Crippen LogP contribution in [0.3, 0.4) is 0 Å². The van der Waals surface area contributed by atoms with E-state index in [-0.39, 0.29) is 32.5 Å². The van der Waals surface area contributed by atoms with E-state index in [9.17, 15) is 31.1 Å². The Labute approximate surface area is 122 Å². The molecule has 0 aliphatic rings. The normalized spacial score (nSPS) is 13.1. The summed E-state index contributed by atoms with van der Waals surface area (Å²) in [5, 5.41) is 0.108. The van der Waals surface area contributed by atoms with Crippen LogP contribution in [-0.4, -0.2) is 12.3 Å². The van der Waals surface area contributed by atoms with Gasteiger partial charge in [-0.25, -0.2) is 8.78 Å². The Morgan fingerprint density at radius 3 is 2.29 bits per heavy atom. The molecule has 0 saturated heterocycles. The first-order chi connectivity index (χ1) is 9.57. The summed E-state index contributed by atoms with van der Waals surface area (Å²) in [5.74, 6) is -10.7. The van der Waals surface area contributed by atoms with Crippen LogP contribution in [0.15, 0.2) is 29.1 Å². The summed E-state index contributed by atoms with van der Waals surface area (Å²) < 4.78 is 77.4. The van der Waals surface area contributed by atoms with Gasteiger partial charge >= 0.3 is 18.3 Å². The molecule has 2 rings (SSSR count). The van der Waals surface area contributed by atoms with Crippen molar-refractivity contribution in [2.24, 2.45) is 0 Å². The molecule has 2 aromatic rings. The lowest BCUT2D eigenvalue weighted by molar-refractivity contribution is -0.268. The molecule has 21 heavy (non-hydrogen) atoms. The van der Waals surface area contributed by atoms with Gasteiger partial charge in [-0.3, -0.25) is 4.79 Å². The van der Waals surface area contributed by atoms with Crippen LogP contribution in [0.2, 0.25) is 5.02 Å². The Hall–Kier alpha value is -1.28. The number of benzene rings is 1. The van der Waals surface area contributed by atoms with Crippen LogP contribution in [-0.2, 0) is 5.92 Å². The Morgan fingerprint density at radius 1 is 1.10 bits per heavy atom. The highest BCUT2D eigenvalue weighted by Gasteiger charge is 2.64. The molecule has 0 atom stereocenters. The van der Waals surface area contributed by atoms with Gasteiger partial charge in [0.25, 0.3) is 0 Å². The molecule has 0 spiro atoms. The summed E-state index contributed by atoms with van der Waals surface area (Å²) in [5.41, 5.74) is -0.994. The average Bonchev–Trinajstić information content (AvgIpc) is 2.38. The summed E-state index contributed by atoms with van der Waals surface area (Å²) in [6.45, 7) is 0. The fourth-order valence-corrected chi connectivity index (χ4v) is 2.83. The minimum Gasteiger partial charge on any atom is -0.289 e. The van der Waals surface area contributed by atoms with E-state index in [4.69, 9.17) is 11.6 Å². The van der Waals surface area contributed by atoms with Crippen molar-refractivity contribution in [2.75, 3.05) is 0 Å². The minimum atomic E-state index is -5.57. The first kappa shape index (κ1) is 16.1. The maximum Gasteiger partial charge on any atom is 0.374 e. The summed E-state index contributed by atoms with van der Waals surface area (Å²) in [6, 6.07) is 3.87. The summed E-state index contributed by atoms with van der Waals surface area (Å²) in [7, 11) is 0. The van der Waals surface area contributed by atoms with E-state index >= 15 is 0 Å². The molecule has 1 aromatic carbocycles. The lowest BCUT2D eigenvalue weighted by Crippen LogP contribution is -2.44. The first-order valence-electron chi connectivity index (χ1n) is 5.35. The highest BCUT2D eigenvalue weighted by molar-refractivity contribution is 7.18. The number of halogens is 7. The Bertz CT molecular complexity index is 742. The molecule has 0 fully saturated rings. The zero-order chi connectivity index (χ0) is 16.0. The van der Waals surface area contributed by atoms with Crippen molar-refractivity contribution in [3.63, 3.8) is 0 Å². The van der Waals surface area contributed by atoms with Gasteiger partial charge in [-0.05, 0) is 18.2 Å². The van der Waals surface area contributed by atoms with Crippen LogP contribution < -0.4 is 5.43 Å². The van der Waals surface area contributed by atoms with Gasteiger partial charge in [0.1, 0.15) is 0 Å². The molecule has 0 amide bonds. The average molecular weight is 347 g/mol. The van der Waals surface area contributed by atoms with Crippen molar-refractivity contribution in [1.82, 2.24) is 0 Å². The predicted octanol–water partition coefficient (Wildman–Crippen LogP) is 4.91. The second-order valence-electron chi connectivity index (χ2n) is 4.11. The molecular weight excluding hydrogens is 342 g/mol. The second kappa shape index (κ2) is 5.17. The van der Waals surface area contributed by atoms with Gasteiger partial charge in [0.2, 0.25) is 0 Å². The molecule has 0 unspecified atom stereocenters. The van der Waals surface area contributed by atoms with Gasteiger partial charge in [0.05, 0.1) is 4.88 Å². The lowest BCUT2D eigenvalue weighted by Gasteiger charge is -2.25. The van der Waals surface area contributed by atoms with Gasteiger partial charge < -0.3 is 0 Å². The molecule has 0 aliphatic heterocycles. The SMILES string of the molecule is O=c1cc(C(F)(F)C(F)(F)C(F)F)sc2ccc(Cl)cc12. The van der Waals surface area contributed by atoms with Gasteiger partial charge in [-0.2, -0.15) is 17.6 Å². The van der Waals surface area contributed by atoms with E-state index in [1.165, 1.54) is 18.2 Å². The maximum atomic E-state index is 13.6. The van der Waals surface area contributed by atoms with Gasteiger partial charge in [0.15, 0.2) is 5.43 Å². The van der Waals surface area contributed by atoms with Gasteiger partial charge in [0, 0.05) is 21.2 Å². The molecule has 0 saturated carbocycles. The number of fused-ring (bicyclic) bond motifs is 1. The van der Waals surface area contributed by atoms with Crippen LogP contribution in [0.1, 0.15) is 4.88 Å². The minimum absolute atomic E-state index is 0.0487. The third-order valence-electron chi connectivity index (χ3n) is 2.69. The zero-order valence-electron chi connectivity index (χ0n) is 9.85. The lowest BCUT2D eigenvalue weighted by atomic mass is 10.1. The van der Waals surface area contributed by atoms with Crippen LogP contribution in [0.4, 0.5) is 26.3 Å². The fraction of sp³-hybridized carbons (Fsp3) is 0.250. The predicted molar refractivity (Wildman–Crippen MR) is 68.0 cm³/mol. The third-order valence-corrected chi connectivity index (χ3v) is 4.10. The molecule has 1 aromatic heterocycles. The van der Waals surface area contributed by atoms with Crippen LogP contribution >= 0.6 is 22.9 Å². The molecule has 0 aliphatic carbocycles. The molecule has 0 bridgehead atoms. The summed E-state index contributed by atoms with van der Waals surface area (Å²) in [6.07, 6.45) is -4.56. The number of hydrogen-bond donors (Lipinski definition) is 0. The van der Waals surface area contributed by atoms with E-state index in [1.54, 1.807) is 0 Å². The van der Waals surface area contributed by atoms with Crippen LogP contribution in [0.25, 0.3) is 10.1 Å². The van der Waals surface area contributed by atoms with E-state index in [0.29, 0.717) is 0 Å². The van der Waals surface area contributed by atoms with Gasteiger partial charge in [-0.15, -0.1) is 11.3 Å². The number of rotatable bonds is 3. The largest absolute Gasteiger partial charge is 0.374 e. The smallest absolute Gasteiger partial charge is 0.289 e. The standard InChI is InChI=1S/C12H5ClF6OS/c13-5-1-2-8-6(3-5)7(20)4-9(21-8)11(16,17)12(18,19)10(14)15/h1-4,10H. The quantitative estimate of drug-likeness (QED) is 0.722. The topological polar surface area (TPSA) is 17.1 Å². The Kier molecular flexibility index (Phi) is 3.96. The van der Waals surface area contributed by atoms with Crippen molar-refractivity contribution < 1.29 is 26.3 Å². The highest BCUT2D eigenvalue weighted by Crippen LogP contribution is 2.48. The highest BCUT2D eigenvalue weighted by atomic mass is 35.5. The molecule has 1 nitrogen and oxygen atoms in total. The Morgan fingerprint density at radius 2 is 1.71 bits per heavy atom. The molecular formula is C12H5ClF6OS. The summed E-state index contributed by atoms with van der Waals surface area (Å²) >= 11 is 5.77. The molecule has 0 radical (unpaired) electrons.